The van der Waals surface area contributed by atoms with Gasteiger partial charge in [0.1, 0.15) is 24.0 Å². The smallest absolute Gasteiger partial charge is 0.266 e. The molecule has 0 unspecified atom stereocenters. The van der Waals surface area contributed by atoms with E-state index in [0.717, 1.165) is 11.1 Å². The van der Waals surface area contributed by atoms with E-state index in [-0.39, 0.29) is 5.57 Å². The number of hydrogen-bond acceptors (Lipinski definition) is 3. The highest BCUT2D eigenvalue weighted by molar-refractivity contribution is 6.09. The minimum atomic E-state index is -0.454. The Kier molecular flexibility index (Phi) is 6.14. The monoisotopic (exact) mass is 332 g/mol. The molecule has 0 aliphatic heterocycles. The van der Waals surface area contributed by atoms with E-state index in [0.29, 0.717) is 23.6 Å². The third-order valence-electron chi connectivity index (χ3n) is 3.71. The Hall–Kier alpha value is -3.32. The van der Waals surface area contributed by atoms with Gasteiger partial charge in [-0.15, -0.1) is 0 Å². The van der Waals surface area contributed by atoms with Crippen LogP contribution in [0.1, 0.15) is 16.7 Å². The van der Waals surface area contributed by atoms with Crippen LogP contribution in [0.25, 0.3) is 6.08 Å². The number of carbonyl (C=O) groups excluding carboxylic acids is 1. The van der Waals surface area contributed by atoms with Crippen molar-refractivity contribution in [3.8, 4) is 11.8 Å². The van der Waals surface area contributed by atoms with Crippen LogP contribution in [0.2, 0.25) is 0 Å². The Morgan fingerprint density at radius 2 is 2.00 bits per heavy atom. The highest BCUT2D eigenvalue weighted by Gasteiger charge is 2.11. The molecule has 0 saturated heterocycles. The lowest BCUT2D eigenvalue weighted by Gasteiger charge is -2.09. The van der Waals surface area contributed by atoms with Crippen molar-refractivity contribution >= 4 is 17.7 Å². The number of carbonyl (C=O) groups is 1. The Labute approximate surface area is 148 Å². The summed E-state index contributed by atoms with van der Waals surface area (Å²) >= 11 is 0. The predicted octanol–water partition coefficient (Wildman–Crippen LogP) is 4.41. The van der Waals surface area contributed by atoms with E-state index < -0.39 is 5.91 Å². The second-order valence-electron chi connectivity index (χ2n) is 5.56. The summed E-state index contributed by atoms with van der Waals surface area (Å²) in [5.74, 6) is 0.137. The van der Waals surface area contributed by atoms with Gasteiger partial charge in [0.2, 0.25) is 0 Å². The third kappa shape index (κ3) is 4.82. The van der Waals surface area contributed by atoms with Crippen molar-refractivity contribution in [1.82, 2.24) is 0 Å². The Morgan fingerprint density at radius 1 is 1.24 bits per heavy atom. The topological polar surface area (TPSA) is 62.1 Å². The molecule has 0 heterocycles. The van der Waals surface area contributed by atoms with E-state index in [9.17, 15) is 10.1 Å². The molecule has 25 heavy (non-hydrogen) atoms. The molecule has 2 rings (SSSR count). The quantitative estimate of drug-likeness (QED) is 0.484. The molecule has 0 aromatic heterocycles. The minimum Gasteiger partial charge on any atom is -0.489 e. The number of hydrogen-bond donors (Lipinski definition) is 1. The minimum absolute atomic E-state index is 0.00730. The van der Waals surface area contributed by atoms with Crippen LogP contribution in [0, 0.1) is 25.2 Å². The van der Waals surface area contributed by atoms with Crippen LogP contribution < -0.4 is 10.1 Å². The number of amides is 1. The zero-order chi connectivity index (χ0) is 18.2. The van der Waals surface area contributed by atoms with Gasteiger partial charge in [-0.2, -0.15) is 5.26 Å². The average Bonchev–Trinajstić information content (AvgIpc) is 2.61. The van der Waals surface area contributed by atoms with Crippen molar-refractivity contribution in [2.75, 3.05) is 11.9 Å². The van der Waals surface area contributed by atoms with E-state index in [4.69, 9.17) is 4.74 Å². The van der Waals surface area contributed by atoms with Crippen molar-refractivity contribution in [1.29, 1.82) is 5.26 Å². The van der Waals surface area contributed by atoms with Crippen LogP contribution in [-0.2, 0) is 4.79 Å². The summed E-state index contributed by atoms with van der Waals surface area (Å²) in [5, 5.41) is 12.1. The number of nitriles is 1. The molecule has 126 valence electrons. The van der Waals surface area contributed by atoms with Gasteiger partial charge in [0.15, 0.2) is 0 Å². The first-order valence-corrected chi connectivity index (χ1v) is 7.88. The van der Waals surface area contributed by atoms with Gasteiger partial charge in [-0.25, -0.2) is 0 Å². The fraction of sp³-hybridized carbons (Fsp3) is 0.143. The second kappa shape index (κ2) is 8.51. The van der Waals surface area contributed by atoms with Crippen molar-refractivity contribution in [3.05, 3.63) is 77.4 Å². The van der Waals surface area contributed by atoms with Crippen molar-refractivity contribution in [2.24, 2.45) is 0 Å². The third-order valence-corrected chi connectivity index (χ3v) is 3.71. The Bertz CT molecular complexity index is 860. The van der Waals surface area contributed by atoms with Crippen LogP contribution in [-0.4, -0.2) is 12.5 Å². The molecule has 0 fully saturated rings. The number of anilines is 1. The lowest BCUT2D eigenvalue weighted by Crippen LogP contribution is -2.13. The average molecular weight is 332 g/mol. The maximum absolute atomic E-state index is 12.4. The summed E-state index contributed by atoms with van der Waals surface area (Å²) < 4.78 is 5.55. The molecular formula is C21H20N2O2. The molecule has 0 spiro atoms. The van der Waals surface area contributed by atoms with Gasteiger partial charge in [0.05, 0.1) is 0 Å². The van der Waals surface area contributed by atoms with Crippen LogP contribution in [0.4, 0.5) is 5.69 Å². The fourth-order valence-corrected chi connectivity index (χ4v) is 2.20. The number of ether oxygens (including phenoxy) is 1. The number of aryl methyl sites for hydroxylation is 2. The zero-order valence-corrected chi connectivity index (χ0v) is 14.4. The van der Waals surface area contributed by atoms with Crippen LogP contribution in [0.5, 0.6) is 5.75 Å². The zero-order valence-electron chi connectivity index (χ0n) is 14.4. The second-order valence-corrected chi connectivity index (χ2v) is 5.56. The van der Waals surface area contributed by atoms with E-state index in [1.807, 2.05) is 50.2 Å². The lowest BCUT2D eigenvalue weighted by molar-refractivity contribution is -0.112. The van der Waals surface area contributed by atoms with Gasteiger partial charge in [-0.05, 0) is 49.2 Å². The molecule has 1 amide bonds. The van der Waals surface area contributed by atoms with Gasteiger partial charge >= 0.3 is 0 Å². The molecule has 0 saturated carbocycles. The van der Waals surface area contributed by atoms with Gasteiger partial charge in [0, 0.05) is 11.3 Å². The maximum Gasteiger partial charge on any atom is 0.266 e. The normalized spacial score (nSPS) is 10.7. The van der Waals surface area contributed by atoms with Crippen molar-refractivity contribution in [2.45, 2.75) is 13.8 Å². The highest BCUT2D eigenvalue weighted by atomic mass is 16.5. The van der Waals surface area contributed by atoms with E-state index in [1.54, 1.807) is 18.2 Å². The molecule has 2 aromatic carbocycles. The number of benzene rings is 2. The molecular weight excluding hydrogens is 312 g/mol. The fourth-order valence-electron chi connectivity index (χ4n) is 2.20. The number of nitrogens with one attached hydrogen (secondary N) is 1. The number of para-hydroxylation sites is 1. The molecule has 1 N–H and O–H groups in total. The van der Waals surface area contributed by atoms with Crippen molar-refractivity contribution in [3.63, 3.8) is 0 Å². The SMILES string of the molecule is C=CCOc1ccccc1/C=C(\C#N)C(=O)Nc1ccc(C)c(C)c1. The van der Waals surface area contributed by atoms with Gasteiger partial charge < -0.3 is 10.1 Å². The first-order valence-electron chi connectivity index (χ1n) is 7.88. The molecule has 0 aliphatic rings. The summed E-state index contributed by atoms with van der Waals surface area (Å²) in [7, 11) is 0. The highest BCUT2D eigenvalue weighted by Crippen LogP contribution is 2.22. The van der Waals surface area contributed by atoms with Crippen LogP contribution in [0.3, 0.4) is 0 Å². The van der Waals surface area contributed by atoms with Gasteiger partial charge in [0.25, 0.3) is 5.91 Å². The Morgan fingerprint density at radius 3 is 2.68 bits per heavy atom. The molecule has 0 radical (unpaired) electrons. The largest absolute Gasteiger partial charge is 0.489 e. The molecule has 0 bridgehead atoms. The van der Waals surface area contributed by atoms with E-state index in [1.165, 1.54) is 6.08 Å². The summed E-state index contributed by atoms with van der Waals surface area (Å²) in [6.45, 7) is 7.94. The molecule has 0 atom stereocenters. The standard InChI is InChI=1S/C21H20N2O2/c1-4-11-25-20-8-6-5-7-17(20)13-18(14-22)21(24)23-19-10-9-15(2)16(3)12-19/h4-10,12-13H,1,11H2,2-3H3,(H,23,24)/b18-13+. The molecule has 4 nitrogen and oxygen atoms in total. The molecule has 0 aliphatic carbocycles. The molecule has 4 heteroatoms. The summed E-state index contributed by atoms with van der Waals surface area (Å²) in [6.07, 6.45) is 3.16. The number of rotatable bonds is 6. The van der Waals surface area contributed by atoms with E-state index in [2.05, 4.69) is 11.9 Å². The van der Waals surface area contributed by atoms with Gasteiger partial charge in [-0.1, -0.05) is 36.9 Å². The van der Waals surface area contributed by atoms with Gasteiger partial charge in [-0.3, -0.25) is 4.79 Å². The first kappa shape index (κ1) is 18.0. The van der Waals surface area contributed by atoms with Crippen molar-refractivity contribution < 1.29 is 9.53 Å². The maximum atomic E-state index is 12.4. The Balaban J connectivity index is 2.25. The number of nitrogens with zero attached hydrogens (tertiary/aromatic N) is 1. The summed E-state index contributed by atoms with van der Waals surface area (Å²) in [5.41, 5.74) is 3.54. The van der Waals surface area contributed by atoms with Crippen LogP contribution >= 0.6 is 0 Å². The first-order chi connectivity index (χ1) is 12.0. The van der Waals surface area contributed by atoms with E-state index >= 15 is 0 Å². The predicted molar refractivity (Wildman–Crippen MR) is 100 cm³/mol. The van der Waals surface area contributed by atoms with Crippen LogP contribution in [0.15, 0.2) is 60.7 Å². The lowest BCUT2D eigenvalue weighted by atomic mass is 10.1. The molecule has 2 aromatic rings. The summed E-state index contributed by atoms with van der Waals surface area (Å²) in [6, 6.07) is 14.8. The summed E-state index contributed by atoms with van der Waals surface area (Å²) in [4.78, 5) is 12.4.